The quantitative estimate of drug-likeness (QED) is 0.303. The van der Waals surface area contributed by atoms with Gasteiger partial charge in [0.25, 0.3) is 0 Å². The Morgan fingerprint density at radius 2 is 1.71 bits per heavy atom. The monoisotopic (exact) mass is 442 g/mol. The fourth-order valence-electron chi connectivity index (χ4n) is 2.53. The first-order valence-electron chi connectivity index (χ1n) is 9.05. The molecular formula is C22H17ClF2N4O2. The van der Waals surface area contributed by atoms with Gasteiger partial charge in [-0.2, -0.15) is 5.10 Å². The summed E-state index contributed by atoms with van der Waals surface area (Å²) < 4.78 is 27.5. The van der Waals surface area contributed by atoms with Gasteiger partial charge in [-0.15, -0.1) is 0 Å². The van der Waals surface area contributed by atoms with Crippen LogP contribution in [0, 0.1) is 18.6 Å². The van der Waals surface area contributed by atoms with Gasteiger partial charge in [-0.25, -0.2) is 14.2 Å². The molecule has 0 radical (unpaired) electrons. The Labute approximate surface area is 181 Å². The zero-order chi connectivity index (χ0) is 22.4. The third-order valence-electron chi connectivity index (χ3n) is 4.16. The van der Waals surface area contributed by atoms with Gasteiger partial charge >= 0.3 is 11.8 Å². The van der Waals surface area contributed by atoms with Crippen molar-refractivity contribution < 1.29 is 18.4 Å². The van der Waals surface area contributed by atoms with Crippen LogP contribution >= 0.6 is 11.6 Å². The minimum atomic E-state index is -1.05. The highest BCUT2D eigenvalue weighted by atomic mass is 35.5. The van der Waals surface area contributed by atoms with Gasteiger partial charge < -0.3 is 10.6 Å². The van der Waals surface area contributed by atoms with Crippen LogP contribution in [0.15, 0.2) is 65.8 Å². The second-order valence-corrected chi connectivity index (χ2v) is 6.89. The van der Waals surface area contributed by atoms with Crippen molar-refractivity contribution in [1.29, 1.82) is 0 Å². The summed E-state index contributed by atoms with van der Waals surface area (Å²) in [5.41, 5.74) is 3.79. The molecule has 2 amide bonds. The molecule has 0 bridgehead atoms. The molecule has 9 heteroatoms. The maximum Gasteiger partial charge on any atom is 0.329 e. The van der Waals surface area contributed by atoms with Crippen LogP contribution < -0.4 is 16.1 Å². The lowest BCUT2D eigenvalue weighted by Gasteiger charge is -2.10. The summed E-state index contributed by atoms with van der Waals surface area (Å²) in [7, 11) is 0. The second-order valence-electron chi connectivity index (χ2n) is 6.45. The fraction of sp³-hybridized carbons (Fsp3) is 0.0455. The SMILES string of the molecule is Cc1ccc(NC(=O)C(=O)N/N=C\c2cc(Cl)ccc2Nc2ccccc2F)cc1F. The minimum absolute atomic E-state index is 0.137. The smallest absolute Gasteiger partial charge is 0.329 e. The predicted molar refractivity (Wildman–Crippen MR) is 117 cm³/mol. The average Bonchev–Trinajstić information content (AvgIpc) is 2.74. The van der Waals surface area contributed by atoms with E-state index in [1.54, 1.807) is 43.3 Å². The molecule has 0 aliphatic carbocycles. The Hall–Kier alpha value is -3.78. The summed E-state index contributed by atoms with van der Waals surface area (Å²) in [5, 5.41) is 9.34. The van der Waals surface area contributed by atoms with Crippen LogP contribution in [-0.4, -0.2) is 18.0 Å². The summed E-state index contributed by atoms with van der Waals surface area (Å²) in [4.78, 5) is 23.9. The number of nitrogens with one attached hydrogen (secondary N) is 3. The predicted octanol–water partition coefficient (Wildman–Crippen LogP) is 4.76. The topological polar surface area (TPSA) is 82.6 Å². The Balaban J connectivity index is 1.67. The zero-order valence-electron chi connectivity index (χ0n) is 16.2. The molecule has 31 heavy (non-hydrogen) atoms. The number of carbonyl (C=O) groups is 2. The van der Waals surface area contributed by atoms with E-state index in [2.05, 4.69) is 21.2 Å². The van der Waals surface area contributed by atoms with Crippen molar-refractivity contribution in [2.24, 2.45) is 5.10 Å². The molecule has 0 aromatic heterocycles. The standard InChI is InChI=1S/C22H17ClF2N4O2/c1-13-6-8-16(11-18(13)25)27-21(30)22(31)29-26-12-14-10-15(23)7-9-19(14)28-20-5-3-2-4-17(20)24/h2-12,28H,1H3,(H,27,30)(H,29,31)/b26-12-. The number of aryl methyl sites for hydroxylation is 1. The van der Waals surface area contributed by atoms with Crippen LogP contribution in [0.1, 0.15) is 11.1 Å². The Morgan fingerprint density at radius 3 is 2.45 bits per heavy atom. The molecule has 3 rings (SSSR count). The third-order valence-corrected chi connectivity index (χ3v) is 4.40. The van der Waals surface area contributed by atoms with Gasteiger partial charge in [0.15, 0.2) is 0 Å². The average molecular weight is 443 g/mol. The molecule has 0 unspecified atom stereocenters. The molecule has 3 aromatic carbocycles. The molecule has 158 valence electrons. The van der Waals surface area contributed by atoms with Crippen LogP contribution in [-0.2, 0) is 9.59 Å². The molecule has 3 N–H and O–H groups in total. The second kappa shape index (κ2) is 9.82. The first-order chi connectivity index (χ1) is 14.8. The number of halogens is 3. The zero-order valence-corrected chi connectivity index (χ0v) is 17.0. The van der Waals surface area contributed by atoms with Crippen molar-refractivity contribution >= 4 is 46.7 Å². The Morgan fingerprint density at radius 1 is 0.935 bits per heavy atom. The highest BCUT2D eigenvalue weighted by Crippen LogP contribution is 2.24. The van der Waals surface area contributed by atoms with E-state index in [0.717, 1.165) is 6.07 Å². The molecule has 0 aliphatic rings. The maximum atomic E-state index is 13.9. The maximum absolute atomic E-state index is 13.9. The molecular weight excluding hydrogens is 426 g/mol. The first kappa shape index (κ1) is 21.9. The molecule has 0 saturated carbocycles. The molecule has 0 fully saturated rings. The van der Waals surface area contributed by atoms with E-state index in [4.69, 9.17) is 11.6 Å². The third kappa shape index (κ3) is 5.86. The lowest BCUT2D eigenvalue weighted by atomic mass is 10.2. The molecule has 0 saturated heterocycles. The van der Waals surface area contributed by atoms with E-state index in [1.165, 1.54) is 24.4 Å². The highest BCUT2D eigenvalue weighted by Gasteiger charge is 2.14. The van der Waals surface area contributed by atoms with Gasteiger partial charge in [0.2, 0.25) is 0 Å². The van der Waals surface area contributed by atoms with Crippen LogP contribution in [0.5, 0.6) is 0 Å². The van der Waals surface area contributed by atoms with Crippen molar-refractivity contribution in [2.45, 2.75) is 6.92 Å². The van der Waals surface area contributed by atoms with Crippen molar-refractivity contribution in [3.05, 3.63) is 88.4 Å². The lowest BCUT2D eigenvalue weighted by Crippen LogP contribution is -2.32. The lowest BCUT2D eigenvalue weighted by molar-refractivity contribution is -0.136. The van der Waals surface area contributed by atoms with Crippen molar-refractivity contribution in [3.8, 4) is 0 Å². The van der Waals surface area contributed by atoms with E-state index >= 15 is 0 Å². The Bertz CT molecular complexity index is 1170. The Kier molecular flexibility index (Phi) is 6.94. The van der Waals surface area contributed by atoms with E-state index in [-0.39, 0.29) is 11.4 Å². The van der Waals surface area contributed by atoms with Crippen molar-refractivity contribution in [3.63, 3.8) is 0 Å². The first-order valence-corrected chi connectivity index (χ1v) is 9.43. The van der Waals surface area contributed by atoms with E-state index in [1.807, 2.05) is 0 Å². The van der Waals surface area contributed by atoms with Gasteiger partial charge in [0, 0.05) is 22.0 Å². The highest BCUT2D eigenvalue weighted by molar-refractivity contribution is 6.39. The van der Waals surface area contributed by atoms with Crippen molar-refractivity contribution in [2.75, 3.05) is 10.6 Å². The molecule has 0 atom stereocenters. The number of anilines is 3. The number of carbonyl (C=O) groups excluding carboxylic acids is 2. The normalized spacial score (nSPS) is 10.7. The number of rotatable bonds is 5. The van der Waals surface area contributed by atoms with Crippen LogP contribution in [0.25, 0.3) is 0 Å². The summed E-state index contributed by atoms with van der Waals surface area (Å²) in [6.45, 7) is 1.58. The number of amides is 2. The number of hydrogen-bond donors (Lipinski definition) is 3. The molecule has 0 aliphatic heterocycles. The van der Waals surface area contributed by atoms with E-state index in [9.17, 15) is 18.4 Å². The van der Waals surface area contributed by atoms with Gasteiger partial charge in [-0.1, -0.05) is 29.8 Å². The summed E-state index contributed by atoms with van der Waals surface area (Å²) >= 11 is 6.01. The number of benzene rings is 3. The van der Waals surface area contributed by atoms with Gasteiger partial charge in [0.05, 0.1) is 11.9 Å². The van der Waals surface area contributed by atoms with E-state index in [0.29, 0.717) is 21.8 Å². The summed E-state index contributed by atoms with van der Waals surface area (Å²) in [6.07, 6.45) is 1.26. The number of hydrogen-bond acceptors (Lipinski definition) is 4. The summed E-state index contributed by atoms with van der Waals surface area (Å²) in [6, 6.07) is 14.9. The number of hydrazone groups is 1. The fourth-order valence-corrected chi connectivity index (χ4v) is 2.71. The molecule has 0 spiro atoms. The number of para-hydroxylation sites is 1. The van der Waals surface area contributed by atoms with Crippen LogP contribution in [0.3, 0.4) is 0 Å². The van der Waals surface area contributed by atoms with Crippen LogP contribution in [0.4, 0.5) is 25.8 Å². The largest absolute Gasteiger partial charge is 0.353 e. The van der Waals surface area contributed by atoms with Crippen LogP contribution in [0.2, 0.25) is 5.02 Å². The minimum Gasteiger partial charge on any atom is -0.353 e. The molecule has 6 nitrogen and oxygen atoms in total. The molecule has 3 aromatic rings. The molecule has 0 heterocycles. The van der Waals surface area contributed by atoms with Crippen molar-refractivity contribution in [1.82, 2.24) is 5.43 Å². The van der Waals surface area contributed by atoms with E-state index < -0.39 is 23.4 Å². The van der Waals surface area contributed by atoms with Gasteiger partial charge in [-0.3, -0.25) is 9.59 Å². The summed E-state index contributed by atoms with van der Waals surface area (Å²) in [5.74, 6) is -3.02. The number of nitrogens with zero attached hydrogens (tertiary/aromatic N) is 1. The van der Waals surface area contributed by atoms with Gasteiger partial charge in [-0.05, 0) is 55.0 Å². The van der Waals surface area contributed by atoms with Gasteiger partial charge in [0.1, 0.15) is 11.6 Å².